The van der Waals surface area contributed by atoms with Crippen LogP contribution in [0.15, 0.2) is 0 Å². The van der Waals surface area contributed by atoms with Gasteiger partial charge in [0, 0.05) is 13.1 Å². The van der Waals surface area contributed by atoms with E-state index < -0.39 is 15.3 Å². The molecule has 1 heterocycles. The number of nitriles is 2. The molecule has 15 heavy (non-hydrogen) atoms. The Balaban J connectivity index is 2.82. The Morgan fingerprint density at radius 1 is 1.47 bits per heavy atom. The molecule has 0 spiro atoms. The SMILES string of the molecule is CC(C#N)S(=O)(=O)N1CCCC(C#N)C1. The second-order valence-corrected chi connectivity index (χ2v) is 5.90. The Morgan fingerprint density at radius 2 is 2.13 bits per heavy atom. The van der Waals surface area contributed by atoms with Crippen molar-refractivity contribution in [2.75, 3.05) is 13.1 Å². The standard InChI is InChI=1S/C9H13N3O2S/c1-8(5-10)15(13,14)12-4-2-3-9(6-11)7-12/h8-9H,2-4,7H2,1H3. The molecular weight excluding hydrogens is 214 g/mol. The molecule has 5 nitrogen and oxygen atoms in total. The number of sulfonamides is 1. The summed E-state index contributed by atoms with van der Waals surface area (Å²) in [5.41, 5.74) is 0. The lowest BCUT2D eigenvalue weighted by molar-refractivity contribution is 0.304. The normalized spacial score (nSPS) is 25.1. The summed E-state index contributed by atoms with van der Waals surface area (Å²) in [6.07, 6.45) is 1.43. The minimum Gasteiger partial charge on any atom is -0.211 e. The topological polar surface area (TPSA) is 85.0 Å². The molecule has 1 aliphatic heterocycles. The largest absolute Gasteiger partial charge is 0.230 e. The van der Waals surface area contributed by atoms with Gasteiger partial charge in [-0.05, 0) is 19.8 Å². The van der Waals surface area contributed by atoms with Gasteiger partial charge in [-0.1, -0.05) is 0 Å². The fourth-order valence-corrected chi connectivity index (χ4v) is 2.92. The van der Waals surface area contributed by atoms with Crippen LogP contribution in [0.5, 0.6) is 0 Å². The zero-order valence-corrected chi connectivity index (χ0v) is 9.37. The van der Waals surface area contributed by atoms with Gasteiger partial charge in [0.25, 0.3) is 0 Å². The molecule has 0 amide bonds. The molecular formula is C9H13N3O2S. The molecule has 2 atom stereocenters. The van der Waals surface area contributed by atoms with Crippen LogP contribution in [0, 0.1) is 28.6 Å². The average molecular weight is 227 g/mol. The zero-order valence-electron chi connectivity index (χ0n) is 8.55. The van der Waals surface area contributed by atoms with Gasteiger partial charge in [0.2, 0.25) is 10.0 Å². The van der Waals surface area contributed by atoms with Crippen LogP contribution in [0.4, 0.5) is 0 Å². The van der Waals surface area contributed by atoms with Crippen molar-refractivity contribution in [1.29, 1.82) is 10.5 Å². The maximum atomic E-state index is 11.8. The van der Waals surface area contributed by atoms with E-state index in [2.05, 4.69) is 6.07 Å². The second-order valence-electron chi connectivity index (χ2n) is 3.64. The lowest BCUT2D eigenvalue weighted by atomic mass is 10.0. The van der Waals surface area contributed by atoms with Crippen LogP contribution in [0.1, 0.15) is 19.8 Å². The first-order valence-electron chi connectivity index (χ1n) is 4.80. The molecule has 1 saturated heterocycles. The Morgan fingerprint density at radius 3 is 2.67 bits per heavy atom. The highest BCUT2D eigenvalue weighted by molar-refractivity contribution is 7.89. The third kappa shape index (κ3) is 2.47. The summed E-state index contributed by atoms with van der Waals surface area (Å²) in [4.78, 5) is 0. The van der Waals surface area contributed by atoms with Gasteiger partial charge in [0.05, 0.1) is 18.1 Å². The fraction of sp³-hybridized carbons (Fsp3) is 0.778. The lowest BCUT2D eigenvalue weighted by Gasteiger charge is -2.29. The van der Waals surface area contributed by atoms with Gasteiger partial charge < -0.3 is 0 Å². The molecule has 1 rings (SSSR count). The average Bonchev–Trinajstić information content (AvgIpc) is 2.27. The summed E-state index contributed by atoms with van der Waals surface area (Å²) in [6.45, 7) is 2.02. The van der Waals surface area contributed by atoms with E-state index >= 15 is 0 Å². The van der Waals surface area contributed by atoms with Crippen LogP contribution in [-0.2, 0) is 10.0 Å². The van der Waals surface area contributed by atoms with Gasteiger partial charge in [-0.15, -0.1) is 0 Å². The van der Waals surface area contributed by atoms with Crippen molar-refractivity contribution in [3.05, 3.63) is 0 Å². The van der Waals surface area contributed by atoms with Gasteiger partial charge >= 0.3 is 0 Å². The van der Waals surface area contributed by atoms with E-state index in [0.29, 0.717) is 13.0 Å². The van der Waals surface area contributed by atoms with Crippen molar-refractivity contribution in [1.82, 2.24) is 4.31 Å². The Hall–Kier alpha value is -1.11. The molecule has 82 valence electrons. The van der Waals surface area contributed by atoms with E-state index in [1.807, 2.05) is 0 Å². The fourth-order valence-electron chi connectivity index (χ4n) is 1.57. The minimum atomic E-state index is -3.53. The third-order valence-corrected chi connectivity index (χ3v) is 4.61. The number of nitrogens with zero attached hydrogens (tertiary/aromatic N) is 3. The van der Waals surface area contributed by atoms with E-state index in [4.69, 9.17) is 10.5 Å². The summed E-state index contributed by atoms with van der Waals surface area (Å²) in [7, 11) is -3.53. The Bertz CT molecular complexity index is 404. The number of rotatable bonds is 2. The minimum absolute atomic E-state index is 0.227. The van der Waals surface area contributed by atoms with Crippen LogP contribution in [0.2, 0.25) is 0 Å². The van der Waals surface area contributed by atoms with Crippen LogP contribution < -0.4 is 0 Å². The predicted octanol–water partition coefficient (Wildman–Crippen LogP) is 0.464. The number of hydrogen-bond acceptors (Lipinski definition) is 4. The van der Waals surface area contributed by atoms with Gasteiger partial charge in [0.15, 0.2) is 5.25 Å². The molecule has 0 aromatic heterocycles. The highest BCUT2D eigenvalue weighted by atomic mass is 32.2. The highest BCUT2D eigenvalue weighted by Crippen LogP contribution is 2.20. The van der Waals surface area contributed by atoms with Crippen molar-refractivity contribution in [3.63, 3.8) is 0 Å². The predicted molar refractivity (Wildman–Crippen MR) is 53.9 cm³/mol. The maximum Gasteiger partial charge on any atom is 0.230 e. The van der Waals surface area contributed by atoms with Crippen molar-refractivity contribution < 1.29 is 8.42 Å². The first kappa shape index (κ1) is 12.0. The number of hydrogen-bond donors (Lipinski definition) is 0. The highest BCUT2D eigenvalue weighted by Gasteiger charge is 2.32. The molecule has 0 aliphatic carbocycles. The van der Waals surface area contributed by atoms with E-state index in [9.17, 15) is 8.42 Å². The van der Waals surface area contributed by atoms with Crippen LogP contribution in [0.25, 0.3) is 0 Å². The molecule has 0 radical (unpaired) electrons. The Kier molecular flexibility index (Phi) is 3.67. The molecule has 1 aliphatic rings. The summed E-state index contributed by atoms with van der Waals surface area (Å²) >= 11 is 0. The summed E-state index contributed by atoms with van der Waals surface area (Å²) < 4.78 is 24.8. The lowest BCUT2D eigenvalue weighted by Crippen LogP contribution is -2.43. The first-order chi connectivity index (χ1) is 7.02. The molecule has 2 unspecified atom stereocenters. The monoisotopic (exact) mass is 227 g/mol. The number of piperidine rings is 1. The Labute approximate surface area is 90.0 Å². The first-order valence-corrected chi connectivity index (χ1v) is 6.31. The molecule has 6 heteroatoms. The maximum absolute atomic E-state index is 11.8. The summed E-state index contributed by atoms with van der Waals surface area (Å²) in [5, 5.41) is 16.3. The van der Waals surface area contributed by atoms with E-state index in [-0.39, 0.29) is 12.5 Å². The second kappa shape index (κ2) is 4.61. The molecule has 0 N–H and O–H groups in total. The van der Waals surface area contributed by atoms with Crippen LogP contribution in [-0.4, -0.2) is 31.1 Å². The quantitative estimate of drug-likeness (QED) is 0.686. The van der Waals surface area contributed by atoms with Crippen molar-refractivity contribution >= 4 is 10.0 Å². The van der Waals surface area contributed by atoms with Crippen molar-refractivity contribution in [2.24, 2.45) is 5.92 Å². The van der Waals surface area contributed by atoms with Gasteiger partial charge in [-0.25, -0.2) is 8.42 Å². The molecule has 0 aromatic carbocycles. The molecule has 0 bridgehead atoms. The summed E-state index contributed by atoms with van der Waals surface area (Å²) in [5.74, 6) is -0.237. The van der Waals surface area contributed by atoms with Crippen molar-refractivity contribution in [2.45, 2.75) is 25.0 Å². The van der Waals surface area contributed by atoms with Gasteiger partial charge in [0.1, 0.15) is 0 Å². The van der Waals surface area contributed by atoms with Gasteiger partial charge in [-0.2, -0.15) is 14.8 Å². The molecule has 0 saturated carbocycles. The van der Waals surface area contributed by atoms with E-state index in [1.165, 1.54) is 11.2 Å². The summed E-state index contributed by atoms with van der Waals surface area (Å²) in [6, 6.07) is 3.80. The van der Waals surface area contributed by atoms with Crippen LogP contribution in [0.3, 0.4) is 0 Å². The van der Waals surface area contributed by atoms with Gasteiger partial charge in [-0.3, -0.25) is 0 Å². The molecule has 0 aromatic rings. The molecule has 1 fully saturated rings. The van der Waals surface area contributed by atoms with E-state index in [0.717, 1.165) is 6.42 Å². The smallest absolute Gasteiger partial charge is 0.211 e. The van der Waals surface area contributed by atoms with E-state index in [1.54, 1.807) is 6.07 Å². The van der Waals surface area contributed by atoms with Crippen LogP contribution >= 0.6 is 0 Å². The van der Waals surface area contributed by atoms with Crippen molar-refractivity contribution in [3.8, 4) is 12.1 Å². The zero-order chi connectivity index (χ0) is 11.5. The third-order valence-electron chi connectivity index (χ3n) is 2.56.